The third-order valence-electron chi connectivity index (χ3n) is 2.70. The average Bonchev–Trinajstić information content (AvgIpc) is 2.36. The van der Waals surface area contributed by atoms with E-state index in [2.05, 4.69) is 4.98 Å². The molecule has 0 aliphatic carbocycles. The quantitative estimate of drug-likeness (QED) is 0.538. The summed E-state index contributed by atoms with van der Waals surface area (Å²) in [6.07, 6.45) is -9.63. The van der Waals surface area contributed by atoms with E-state index in [9.17, 15) is 30.7 Å². The van der Waals surface area contributed by atoms with Gasteiger partial charge in [-0.15, -0.1) is 0 Å². The van der Waals surface area contributed by atoms with E-state index in [0.717, 1.165) is 18.2 Å². The standard InChI is InChI=1S/C13H6F7N/c14-11-5-8(10(6-21-11)13(18,19)20)7-3-1-2-4-9(7)12(15,16)17/h1-6H. The van der Waals surface area contributed by atoms with Crippen molar-refractivity contribution in [3.05, 3.63) is 53.6 Å². The van der Waals surface area contributed by atoms with E-state index in [-0.39, 0.29) is 6.20 Å². The fourth-order valence-corrected chi connectivity index (χ4v) is 1.84. The first-order valence-electron chi connectivity index (χ1n) is 5.50. The fourth-order valence-electron chi connectivity index (χ4n) is 1.84. The minimum atomic E-state index is -4.95. The van der Waals surface area contributed by atoms with Crippen LogP contribution in [0.5, 0.6) is 0 Å². The van der Waals surface area contributed by atoms with Crippen LogP contribution in [0.1, 0.15) is 11.1 Å². The lowest BCUT2D eigenvalue weighted by Crippen LogP contribution is -2.12. The van der Waals surface area contributed by atoms with Gasteiger partial charge in [-0.1, -0.05) is 18.2 Å². The molecule has 0 unspecified atom stereocenters. The lowest BCUT2D eigenvalue weighted by Gasteiger charge is -2.17. The molecule has 1 heterocycles. The van der Waals surface area contributed by atoms with Crippen LogP contribution < -0.4 is 0 Å². The lowest BCUT2D eigenvalue weighted by atomic mass is 9.96. The van der Waals surface area contributed by atoms with Crippen molar-refractivity contribution in [3.8, 4) is 11.1 Å². The Balaban J connectivity index is 2.77. The number of alkyl halides is 6. The summed E-state index contributed by atoms with van der Waals surface area (Å²) in [6, 6.07) is 4.01. The third kappa shape index (κ3) is 3.14. The first kappa shape index (κ1) is 15.3. The van der Waals surface area contributed by atoms with Crippen LogP contribution >= 0.6 is 0 Å². The van der Waals surface area contributed by atoms with E-state index < -0.39 is 40.6 Å². The molecule has 2 aromatic rings. The first-order chi connectivity index (χ1) is 9.60. The zero-order chi connectivity index (χ0) is 15.8. The normalized spacial score (nSPS) is 12.5. The molecule has 0 saturated carbocycles. The molecule has 0 atom stereocenters. The van der Waals surface area contributed by atoms with E-state index in [4.69, 9.17) is 0 Å². The van der Waals surface area contributed by atoms with E-state index in [1.54, 1.807) is 0 Å². The van der Waals surface area contributed by atoms with Crippen LogP contribution in [0.2, 0.25) is 0 Å². The number of benzene rings is 1. The van der Waals surface area contributed by atoms with Gasteiger partial charge in [-0.3, -0.25) is 0 Å². The van der Waals surface area contributed by atoms with Crippen LogP contribution in [-0.4, -0.2) is 4.98 Å². The topological polar surface area (TPSA) is 12.9 Å². The summed E-state index contributed by atoms with van der Waals surface area (Å²) in [6.45, 7) is 0. The van der Waals surface area contributed by atoms with Crippen molar-refractivity contribution < 1.29 is 30.7 Å². The number of rotatable bonds is 1. The summed E-state index contributed by atoms with van der Waals surface area (Å²) in [5.41, 5.74) is -4.36. The van der Waals surface area contributed by atoms with Crippen molar-refractivity contribution in [2.75, 3.05) is 0 Å². The molecule has 0 radical (unpaired) electrons. The predicted octanol–water partition coefficient (Wildman–Crippen LogP) is 4.93. The van der Waals surface area contributed by atoms with Gasteiger partial charge in [0, 0.05) is 17.8 Å². The zero-order valence-corrected chi connectivity index (χ0v) is 10.1. The van der Waals surface area contributed by atoms with E-state index in [0.29, 0.717) is 12.1 Å². The number of nitrogens with zero attached hydrogens (tertiary/aromatic N) is 1. The Morgan fingerprint density at radius 1 is 0.762 bits per heavy atom. The van der Waals surface area contributed by atoms with Crippen LogP contribution in [-0.2, 0) is 12.4 Å². The number of aromatic nitrogens is 1. The Morgan fingerprint density at radius 2 is 1.33 bits per heavy atom. The molecule has 1 aromatic carbocycles. The minimum absolute atomic E-state index is 0.178. The number of pyridine rings is 1. The third-order valence-corrected chi connectivity index (χ3v) is 2.70. The van der Waals surface area contributed by atoms with Crippen LogP contribution in [0.3, 0.4) is 0 Å². The average molecular weight is 309 g/mol. The zero-order valence-electron chi connectivity index (χ0n) is 10.1. The maximum Gasteiger partial charge on any atom is 0.418 e. The molecule has 1 nitrogen and oxygen atoms in total. The molecule has 0 aliphatic rings. The van der Waals surface area contributed by atoms with E-state index >= 15 is 0 Å². The Morgan fingerprint density at radius 3 is 1.90 bits per heavy atom. The van der Waals surface area contributed by atoms with Gasteiger partial charge in [-0.25, -0.2) is 4.98 Å². The Labute approximate surface area is 114 Å². The molecule has 0 spiro atoms. The Bertz CT molecular complexity index is 658. The summed E-state index contributed by atoms with van der Waals surface area (Å²) < 4.78 is 90.3. The van der Waals surface area contributed by atoms with E-state index in [1.165, 1.54) is 0 Å². The molecule has 0 saturated heterocycles. The Kier molecular flexibility index (Phi) is 3.65. The van der Waals surface area contributed by atoms with Gasteiger partial charge in [-0.05, 0) is 11.6 Å². The highest BCUT2D eigenvalue weighted by atomic mass is 19.4. The first-order valence-corrected chi connectivity index (χ1v) is 5.50. The summed E-state index contributed by atoms with van der Waals surface area (Å²) in [5.74, 6) is -1.30. The summed E-state index contributed by atoms with van der Waals surface area (Å²) in [5, 5.41) is 0. The highest BCUT2D eigenvalue weighted by Crippen LogP contribution is 2.42. The van der Waals surface area contributed by atoms with Gasteiger partial charge in [-0.2, -0.15) is 30.7 Å². The van der Waals surface area contributed by atoms with Crippen molar-refractivity contribution in [2.24, 2.45) is 0 Å². The van der Waals surface area contributed by atoms with Gasteiger partial charge in [0.25, 0.3) is 0 Å². The SMILES string of the molecule is Fc1cc(-c2ccccc2C(F)(F)F)c(C(F)(F)F)cn1. The smallest absolute Gasteiger partial charge is 0.228 e. The van der Waals surface area contributed by atoms with Crippen LogP contribution in [0.15, 0.2) is 36.5 Å². The summed E-state index contributed by atoms with van der Waals surface area (Å²) in [4.78, 5) is 2.86. The molecule has 0 bridgehead atoms. The van der Waals surface area contributed by atoms with Crippen molar-refractivity contribution in [3.63, 3.8) is 0 Å². The highest BCUT2D eigenvalue weighted by Gasteiger charge is 2.38. The Hall–Kier alpha value is -2.12. The van der Waals surface area contributed by atoms with Crippen molar-refractivity contribution in [1.82, 2.24) is 4.98 Å². The molecule has 0 N–H and O–H groups in total. The van der Waals surface area contributed by atoms with Crippen LogP contribution in [0.25, 0.3) is 11.1 Å². The van der Waals surface area contributed by atoms with Gasteiger partial charge in [0.2, 0.25) is 5.95 Å². The minimum Gasteiger partial charge on any atom is -0.228 e. The molecule has 1 aromatic heterocycles. The number of hydrogen-bond acceptors (Lipinski definition) is 1. The van der Waals surface area contributed by atoms with Crippen molar-refractivity contribution in [2.45, 2.75) is 12.4 Å². The van der Waals surface area contributed by atoms with Crippen molar-refractivity contribution >= 4 is 0 Å². The number of hydrogen-bond donors (Lipinski definition) is 0. The maximum atomic E-state index is 13.1. The second-order valence-electron chi connectivity index (χ2n) is 4.09. The van der Waals surface area contributed by atoms with Gasteiger partial charge in [0.05, 0.1) is 11.1 Å². The number of halogens is 7. The molecule has 112 valence electrons. The van der Waals surface area contributed by atoms with Crippen LogP contribution in [0, 0.1) is 5.95 Å². The second kappa shape index (κ2) is 5.01. The monoisotopic (exact) mass is 309 g/mol. The van der Waals surface area contributed by atoms with Gasteiger partial charge < -0.3 is 0 Å². The molecule has 2 rings (SSSR count). The predicted molar refractivity (Wildman–Crippen MR) is 59.6 cm³/mol. The van der Waals surface area contributed by atoms with Gasteiger partial charge >= 0.3 is 12.4 Å². The molecular formula is C13H6F7N. The molecule has 0 aliphatic heterocycles. The van der Waals surface area contributed by atoms with Crippen LogP contribution in [0.4, 0.5) is 30.7 Å². The molecular weight excluding hydrogens is 303 g/mol. The van der Waals surface area contributed by atoms with Gasteiger partial charge in [0.1, 0.15) is 0 Å². The fraction of sp³-hybridized carbons (Fsp3) is 0.154. The second-order valence-corrected chi connectivity index (χ2v) is 4.09. The lowest BCUT2D eigenvalue weighted by molar-refractivity contribution is -0.139. The summed E-state index contributed by atoms with van der Waals surface area (Å²) >= 11 is 0. The highest BCUT2D eigenvalue weighted by molar-refractivity contribution is 5.71. The maximum absolute atomic E-state index is 13.1. The van der Waals surface area contributed by atoms with E-state index in [1.807, 2.05) is 0 Å². The summed E-state index contributed by atoms with van der Waals surface area (Å²) in [7, 11) is 0. The van der Waals surface area contributed by atoms with Gasteiger partial charge in [0.15, 0.2) is 0 Å². The molecule has 21 heavy (non-hydrogen) atoms. The molecule has 8 heteroatoms. The molecule has 0 fully saturated rings. The molecule has 0 amide bonds. The largest absolute Gasteiger partial charge is 0.418 e. The van der Waals surface area contributed by atoms with Crippen molar-refractivity contribution in [1.29, 1.82) is 0 Å².